The van der Waals surface area contributed by atoms with Crippen LogP contribution in [0.15, 0.2) is 54.6 Å². The molecule has 2 heterocycles. The van der Waals surface area contributed by atoms with Crippen molar-refractivity contribution >= 4 is 28.8 Å². The predicted molar refractivity (Wildman–Crippen MR) is 95.2 cm³/mol. The van der Waals surface area contributed by atoms with Gasteiger partial charge >= 0.3 is 0 Å². The van der Waals surface area contributed by atoms with E-state index in [0.717, 1.165) is 23.0 Å². The van der Waals surface area contributed by atoms with Crippen LogP contribution in [-0.2, 0) is 16.0 Å². The van der Waals surface area contributed by atoms with Gasteiger partial charge in [0.05, 0.1) is 17.5 Å². The van der Waals surface area contributed by atoms with E-state index in [4.69, 9.17) is 0 Å². The third kappa shape index (κ3) is 2.98. The fraction of sp³-hybridized carbons (Fsp3) is 0.211. The Kier molecular flexibility index (Phi) is 3.93. The fourth-order valence-electron chi connectivity index (χ4n) is 3.19. The molecule has 126 valence electrons. The smallest absolute Gasteiger partial charge is 0.243 e. The quantitative estimate of drug-likeness (QED) is 0.768. The first-order valence-corrected chi connectivity index (χ1v) is 8.31. The highest BCUT2D eigenvalue weighted by molar-refractivity contribution is 5.99. The van der Waals surface area contributed by atoms with Gasteiger partial charge in [-0.25, -0.2) is 4.98 Å². The summed E-state index contributed by atoms with van der Waals surface area (Å²) in [5, 5.41) is 5.70. The lowest BCUT2D eigenvalue weighted by atomic mass is 10.1. The number of carbonyl (C=O) groups is 2. The highest BCUT2D eigenvalue weighted by Gasteiger charge is 2.32. The average molecular weight is 334 g/mol. The van der Waals surface area contributed by atoms with E-state index in [0.29, 0.717) is 12.5 Å². The number of aromatic nitrogens is 2. The molecule has 3 aromatic rings. The lowest BCUT2D eigenvalue weighted by molar-refractivity contribution is -0.128. The molecule has 0 spiro atoms. The third-order valence-corrected chi connectivity index (χ3v) is 4.40. The van der Waals surface area contributed by atoms with Crippen molar-refractivity contribution in [1.29, 1.82) is 0 Å². The molecule has 2 N–H and O–H groups in total. The van der Waals surface area contributed by atoms with Gasteiger partial charge < -0.3 is 5.32 Å². The number of nitrogens with one attached hydrogen (secondary N) is 2. The van der Waals surface area contributed by atoms with Crippen LogP contribution < -0.4 is 10.6 Å². The van der Waals surface area contributed by atoms with E-state index in [1.807, 2.05) is 59.2 Å². The van der Waals surface area contributed by atoms with Gasteiger partial charge in [0, 0.05) is 6.54 Å². The molecular formula is C19H18N4O2. The fourth-order valence-corrected chi connectivity index (χ4v) is 3.19. The first-order valence-electron chi connectivity index (χ1n) is 8.31. The van der Waals surface area contributed by atoms with Gasteiger partial charge in [-0.15, -0.1) is 0 Å². The van der Waals surface area contributed by atoms with Gasteiger partial charge in [-0.1, -0.05) is 42.5 Å². The van der Waals surface area contributed by atoms with Crippen molar-refractivity contribution in [1.82, 2.24) is 14.9 Å². The van der Waals surface area contributed by atoms with E-state index in [9.17, 15) is 9.59 Å². The third-order valence-electron chi connectivity index (χ3n) is 4.40. The molecule has 0 aliphatic carbocycles. The Morgan fingerprint density at radius 3 is 2.76 bits per heavy atom. The summed E-state index contributed by atoms with van der Waals surface area (Å²) in [4.78, 5) is 29.1. The van der Waals surface area contributed by atoms with Crippen molar-refractivity contribution < 1.29 is 9.59 Å². The van der Waals surface area contributed by atoms with Crippen molar-refractivity contribution in [2.45, 2.75) is 18.9 Å². The summed E-state index contributed by atoms with van der Waals surface area (Å²) in [6, 6.07) is 17.0. The molecule has 4 rings (SSSR count). The average Bonchev–Trinajstić information content (AvgIpc) is 2.99. The largest absolute Gasteiger partial charge is 0.354 e. The van der Waals surface area contributed by atoms with Gasteiger partial charge in [0.2, 0.25) is 17.8 Å². The van der Waals surface area contributed by atoms with Crippen LogP contribution in [0.1, 0.15) is 18.0 Å². The number of amides is 2. The summed E-state index contributed by atoms with van der Waals surface area (Å²) in [5.41, 5.74) is 2.78. The summed E-state index contributed by atoms with van der Waals surface area (Å²) in [5.74, 6) is 0.0851. The van der Waals surface area contributed by atoms with Crippen molar-refractivity contribution in [3.63, 3.8) is 0 Å². The molecule has 0 saturated carbocycles. The van der Waals surface area contributed by atoms with Gasteiger partial charge in [-0.05, 0) is 24.1 Å². The van der Waals surface area contributed by atoms with Crippen molar-refractivity contribution in [2.24, 2.45) is 0 Å². The van der Waals surface area contributed by atoms with E-state index in [1.165, 1.54) is 0 Å². The predicted octanol–water partition coefficient (Wildman–Crippen LogP) is 2.28. The van der Waals surface area contributed by atoms with Crippen LogP contribution in [0.25, 0.3) is 11.0 Å². The van der Waals surface area contributed by atoms with Crippen LogP contribution in [0.4, 0.5) is 5.95 Å². The highest BCUT2D eigenvalue weighted by atomic mass is 16.2. The Hall–Kier alpha value is -3.15. The van der Waals surface area contributed by atoms with Gasteiger partial charge in [-0.2, -0.15) is 0 Å². The van der Waals surface area contributed by atoms with Crippen LogP contribution in [0, 0.1) is 0 Å². The second-order valence-corrected chi connectivity index (χ2v) is 6.09. The molecule has 0 fully saturated rings. The molecular weight excluding hydrogens is 316 g/mol. The molecule has 0 bridgehead atoms. The number of rotatable bonds is 4. The standard InChI is InChI=1S/C19H18N4O2/c24-17-12-16(18(25)20-11-10-13-6-2-1-3-7-13)23-15-9-5-4-8-14(15)21-19(23)22-17/h1-9,16H,10-12H2,(H,20,25)(H,21,22,24)/t16-/m1/s1. The molecule has 1 atom stereocenters. The molecule has 1 aromatic heterocycles. The maximum Gasteiger partial charge on any atom is 0.243 e. The Morgan fingerprint density at radius 1 is 1.16 bits per heavy atom. The monoisotopic (exact) mass is 334 g/mol. The lowest BCUT2D eigenvalue weighted by Gasteiger charge is -2.25. The van der Waals surface area contributed by atoms with E-state index in [1.54, 1.807) is 0 Å². The van der Waals surface area contributed by atoms with Crippen molar-refractivity contribution in [3.8, 4) is 0 Å². The summed E-state index contributed by atoms with van der Waals surface area (Å²) >= 11 is 0. The second-order valence-electron chi connectivity index (χ2n) is 6.09. The highest BCUT2D eigenvalue weighted by Crippen LogP contribution is 2.30. The van der Waals surface area contributed by atoms with Gasteiger partial charge in [0.25, 0.3) is 0 Å². The maximum atomic E-state index is 12.7. The zero-order valence-electron chi connectivity index (χ0n) is 13.6. The van der Waals surface area contributed by atoms with Gasteiger partial charge in [0.15, 0.2) is 0 Å². The summed E-state index contributed by atoms with van der Waals surface area (Å²) in [6.45, 7) is 0.531. The number of nitrogens with zero attached hydrogens (tertiary/aromatic N) is 2. The SMILES string of the molecule is O=C1C[C@H](C(=O)NCCc2ccccc2)n2c(nc3ccccc32)N1. The normalized spacial score (nSPS) is 16.3. The molecule has 25 heavy (non-hydrogen) atoms. The maximum absolute atomic E-state index is 12.7. The van der Waals surface area contributed by atoms with Crippen LogP contribution in [-0.4, -0.2) is 27.9 Å². The van der Waals surface area contributed by atoms with E-state index in [-0.39, 0.29) is 18.2 Å². The lowest BCUT2D eigenvalue weighted by Crippen LogP contribution is -2.39. The van der Waals surface area contributed by atoms with Crippen LogP contribution in [0.3, 0.4) is 0 Å². The minimum absolute atomic E-state index is 0.116. The Morgan fingerprint density at radius 2 is 1.92 bits per heavy atom. The second kappa shape index (κ2) is 6.39. The molecule has 2 amide bonds. The molecule has 0 unspecified atom stereocenters. The number of hydrogen-bond acceptors (Lipinski definition) is 3. The van der Waals surface area contributed by atoms with Crippen molar-refractivity contribution in [3.05, 3.63) is 60.2 Å². The Labute approximate surface area is 144 Å². The van der Waals surface area contributed by atoms with Crippen LogP contribution in [0.2, 0.25) is 0 Å². The number of fused-ring (bicyclic) bond motifs is 3. The first kappa shape index (κ1) is 15.4. The minimum Gasteiger partial charge on any atom is -0.354 e. The minimum atomic E-state index is -0.577. The topological polar surface area (TPSA) is 76.0 Å². The molecule has 0 radical (unpaired) electrons. The Balaban J connectivity index is 1.54. The van der Waals surface area contributed by atoms with Gasteiger partial charge in [0.1, 0.15) is 6.04 Å². The van der Waals surface area contributed by atoms with E-state index < -0.39 is 6.04 Å². The number of carbonyl (C=O) groups excluding carboxylic acids is 2. The molecule has 2 aromatic carbocycles. The zero-order valence-corrected chi connectivity index (χ0v) is 13.6. The summed E-state index contributed by atoms with van der Waals surface area (Å²) in [6.07, 6.45) is 0.869. The molecule has 1 aliphatic rings. The molecule has 6 heteroatoms. The number of para-hydroxylation sites is 2. The van der Waals surface area contributed by atoms with Gasteiger partial charge in [-0.3, -0.25) is 19.5 Å². The first-order chi connectivity index (χ1) is 12.2. The van der Waals surface area contributed by atoms with E-state index >= 15 is 0 Å². The van der Waals surface area contributed by atoms with Crippen molar-refractivity contribution in [2.75, 3.05) is 11.9 Å². The van der Waals surface area contributed by atoms with E-state index in [2.05, 4.69) is 15.6 Å². The molecule has 6 nitrogen and oxygen atoms in total. The summed E-state index contributed by atoms with van der Waals surface area (Å²) in [7, 11) is 0. The number of anilines is 1. The molecule has 0 saturated heterocycles. The number of hydrogen-bond donors (Lipinski definition) is 2. The summed E-state index contributed by atoms with van der Waals surface area (Å²) < 4.78 is 1.81. The number of benzene rings is 2. The Bertz CT molecular complexity index is 933. The van der Waals surface area contributed by atoms with Crippen LogP contribution in [0.5, 0.6) is 0 Å². The zero-order chi connectivity index (χ0) is 17.2. The molecule has 1 aliphatic heterocycles. The number of imidazole rings is 1. The van der Waals surface area contributed by atoms with Crippen LogP contribution >= 0.6 is 0 Å².